The first kappa shape index (κ1) is 16.3. The maximum absolute atomic E-state index is 12.4. The summed E-state index contributed by atoms with van der Waals surface area (Å²) in [6, 6.07) is 5.91. The van der Waals surface area contributed by atoms with Gasteiger partial charge in [0, 0.05) is 29.3 Å². The lowest BCUT2D eigenvalue weighted by Crippen LogP contribution is -2.39. The fourth-order valence-corrected chi connectivity index (χ4v) is 3.53. The molecule has 2 rings (SSSR count). The first-order chi connectivity index (χ1) is 9.79. The summed E-state index contributed by atoms with van der Waals surface area (Å²) >= 11 is 0. The molecule has 0 saturated carbocycles. The summed E-state index contributed by atoms with van der Waals surface area (Å²) in [4.78, 5) is 14.2. The molecule has 0 bridgehead atoms. The van der Waals surface area contributed by atoms with Crippen molar-refractivity contribution >= 4 is 25.6 Å². The van der Waals surface area contributed by atoms with Gasteiger partial charge in [-0.05, 0) is 42.9 Å². The van der Waals surface area contributed by atoms with Crippen LogP contribution >= 0.6 is 10.7 Å². The van der Waals surface area contributed by atoms with Gasteiger partial charge < -0.3 is 4.90 Å². The van der Waals surface area contributed by atoms with Crippen molar-refractivity contribution < 1.29 is 13.2 Å². The minimum Gasteiger partial charge on any atom is -0.339 e. The van der Waals surface area contributed by atoms with Crippen molar-refractivity contribution in [2.24, 2.45) is 11.8 Å². The number of carbonyl (C=O) groups is 1. The molecular weight excluding hydrogens is 310 g/mol. The van der Waals surface area contributed by atoms with Gasteiger partial charge >= 0.3 is 0 Å². The molecule has 1 heterocycles. The molecule has 4 nitrogen and oxygen atoms in total. The highest BCUT2D eigenvalue weighted by Crippen LogP contribution is 2.25. The van der Waals surface area contributed by atoms with Gasteiger partial charge in [-0.25, -0.2) is 8.42 Å². The lowest BCUT2D eigenvalue weighted by molar-refractivity contribution is 0.0667. The van der Waals surface area contributed by atoms with Crippen LogP contribution in [0.5, 0.6) is 0 Å². The highest BCUT2D eigenvalue weighted by atomic mass is 35.7. The van der Waals surface area contributed by atoms with E-state index >= 15 is 0 Å². The molecule has 6 heteroatoms. The highest BCUT2D eigenvalue weighted by Gasteiger charge is 2.25. The Kier molecular flexibility index (Phi) is 4.94. The summed E-state index contributed by atoms with van der Waals surface area (Å²) in [5.41, 5.74) is 0.375. The summed E-state index contributed by atoms with van der Waals surface area (Å²) in [7, 11) is 1.51. The van der Waals surface area contributed by atoms with Gasteiger partial charge in [-0.15, -0.1) is 0 Å². The quantitative estimate of drug-likeness (QED) is 0.801. The maximum Gasteiger partial charge on any atom is 0.261 e. The third-order valence-electron chi connectivity index (χ3n) is 4.13. The molecule has 0 radical (unpaired) electrons. The number of likely N-dealkylation sites (tertiary alicyclic amines) is 1. The smallest absolute Gasteiger partial charge is 0.261 e. The van der Waals surface area contributed by atoms with Crippen LogP contribution in [0.15, 0.2) is 29.2 Å². The Balaban J connectivity index is 2.11. The summed E-state index contributed by atoms with van der Waals surface area (Å²) in [6.07, 6.45) is 1.99. The molecule has 1 fully saturated rings. The van der Waals surface area contributed by atoms with E-state index in [1.54, 1.807) is 17.0 Å². The molecule has 0 atom stereocenters. The standard InChI is InChI=1S/C15H20ClNO3S/c1-11(2)12-6-8-17(9-7-12)15(18)13-4-3-5-14(10-13)21(16,19)20/h3-5,10-12H,6-9H2,1-2H3. The Hall–Kier alpha value is -1.07. The lowest BCUT2D eigenvalue weighted by Gasteiger charge is -2.34. The number of hydrogen-bond donors (Lipinski definition) is 0. The minimum atomic E-state index is -3.81. The molecule has 1 aliphatic rings. The van der Waals surface area contributed by atoms with Gasteiger partial charge in [0.2, 0.25) is 0 Å². The molecular formula is C15H20ClNO3S. The molecule has 1 aliphatic heterocycles. The molecule has 0 spiro atoms. The second kappa shape index (κ2) is 6.36. The van der Waals surface area contributed by atoms with E-state index in [2.05, 4.69) is 13.8 Å². The summed E-state index contributed by atoms with van der Waals surface area (Å²) in [5.74, 6) is 1.16. The largest absolute Gasteiger partial charge is 0.339 e. The average molecular weight is 330 g/mol. The average Bonchev–Trinajstić information content (AvgIpc) is 2.46. The monoisotopic (exact) mass is 329 g/mol. The zero-order valence-electron chi connectivity index (χ0n) is 12.3. The van der Waals surface area contributed by atoms with Crippen LogP contribution in [0.2, 0.25) is 0 Å². The van der Waals surface area contributed by atoms with Gasteiger partial charge in [-0.2, -0.15) is 0 Å². The highest BCUT2D eigenvalue weighted by molar-refractivity contribution is 8.13. The Morgan fingerprint density at radius 3 is 2.43 bits per heavy atom. The van der Waals surface area contributed by atoms with Gasteiger partial charge in [0.15, 0.2) is 0 Å². The topological polar surface area (TPSA) is 54.5 Å². The normalized spacial score (nSPS) is 17.2. The second-order valence-electron chi connectivity index (χ2n) is 5.84. The minimum absolute atomic E-state index is 0.0351. The first-order valence-corrected chi connectivity index (χ1v) is 9.44. The lowest BCUT2D eigenvalue weighted by atomic mass is 9.86. The predicted molar refractivity (Wildman–Crippen MR) is 82.9 cm³/mol. The molecule has 21 heavy (non-hydrogen) atoms. The van der Waals surface area contributed by atoms with Crippen molar-refractivity contribution in [3.8, 4) is 0 Å². The van der Waals surface area contributed by atoms with E-state index in [4.69, 9.17) is 10.7 Å². The number of carbonyl (C=O) groups excluding carboxylic acids is 1. The van der Waals surface area contributed by atoms with Crippen molar-refractivity contribution in [2.75, 3.05) is 13.1 Å². The van der Waals surface area contributed by atoms with Crippen LogP contribution in [0.25, 0.3) is 0 Å². The maximum atomic E-state index is 12.4. The Morgan fingerprint density at radius 2 is 1.90 bits per heavy atom. The van der Waals surface area contributed by atoms with Crippen molar-refractivity contribution in [2.45, 2.75) is 31.6 Å². The van der Waals surface area contributed by atoms with Crippen molar-refractivity contribution in [1.29, 1.82) is 0 Å². The number of halogens is 1. The third kappa shape index (κ3) is 3.98. The van der Waals surface area contributed by atoms with E-state index in [0.29, 0.717) is 17.4 Å². The van der Waals surface area contributed by atoms with Crippen molar-refractivity contribution in [3.63, 3.8) is 0 Å². The number of rotatable bonds is 3. The molecule has 0 aliphatic carbocycles. The number of amides is 1. The SMILES string of the molecule is CC(C)C1CCN(C(=O)c2cccc(S(=O)(=O)Cl)c2)CC1. The van der Waals surface area contributed by atoms with Crippen LogP contribution in [0.4, 0.5) is 0 Å². The molecule has 1 saturated heterocycles. The Morgan fingerprint density at radius 1 is 1.29 bits per heavy atom. The molecule has 0 N–H and O–H groups in total. The first-order valence-electron chi connectivity index (χ1n) is 7.13. The van der Waals surface area contributed by atoms with E-state index in [-0.39, 0.29) is 10.8 Å². The van der Waals surface area contributed by atoms with E-state index in [1.165, 1.54) is 12.1 Å². The van der Waals surface area contributed by atoms with Crippen LogP contribution in [0, 0.1) is 11.8 Å². The van der Waals surface area contributed by atoms with E-state index in [0.717, 1.165) is 25.9 Å². The predicted octanol–water partition coefficient (Wildman–Crippen LogP) is 3.12. The zero-order chi connectivity index (χ0) is 15.6. The number of piperidine rings is 1. The Bertz CT molecular complexity index is 620. The number of hydrogen-bond acceptors (Lipinski definition) is 3. The fourth-order valence-electron chi connectivity index (χ4n) is 2.73. The fraction of sp³-hybridized carbons (Fsp3) is 0.533. The van der Waals surface area contributed by atoms with Crippen LogP contribution in [-0.2, 0) is 9.05 Å². The number of benzene rings is 1. The molecule has 1 aromatic rings. The molecule has 1 aromatic carbocycles. The van der Waals surface area contributed by atoms with Gasteiger partial charge in [-0.3, -0.25) is 4.79 Å². The van der Waals surface area contributed by atoms with Crippen LogP contribution in [-0.4, -0.2) is 32.3 Å². The molecule has 1 amide bonds. The van der Waals surface area contributed by atoms with E-state index in [1.807, 2.05) is 0 Å². The number of nitrogens with zero attached hydrogens (tertiary/aromatic N) is 1. The van der Waals surface area contributed by atoms with Crippen molar-refractivity contribution in [1.82, 2.24) is 4.90 Å². The molecule has 0 unspecified atom stereocenters. The van der Waals surface area contributed by atoms with E-state index < -0.39 is 9.05 Å². The third-order valence-corrected chi connectivity index (χ3v) is 5.48. The molecule has 0 aromatic heterocycles. The van der Waals surface area contributed by atoms with Gasteiger partial charge in [-0.1, -0.05) is 19.9 Å². The second-order valence-corrected chi connectivity index (χ2v) is 8.41. The van der Waals surface area contributed by atoms with Crippen LogP contribution in [0.3, 0.4) is 0 Å². The molecule has 116 valence electrons. The summed E-state index contributed by atoms with van der Waals surface area (Å²) in [6.45, 7) is 5.85. The van der Waals surface area contributed by atoms with Gasteiger partial charge in [0.1, 0.15) is 0 Å². The van der Waals surface area contributed by atoms with E-state index in [9.17, 15) is 13.2 Å². The summed E-state index contributed by atoms with van der Waals surface area (Å²) in [5, 5.41) is 0. The zero-order valence-corrected chi connectivity index (χ0v) is 13.8. The van der Waals surface area contributed by atoms with Crippen molar-refractivity contribution in [3.05, 3.63) is 29.8 Å². The Labute approximate surface area is 130 Å². The van der Waals surface area contributed by atoms with Gasteiger partial charge in [0.25, 0.3) is 15.0 Å². The van der Waals surface area contributed by atoms with Crippen LogP contribution in [0.1, 0.15) is 37.0 Å². The van der Waals surface area contributed by atoms with Gasteiger partial charge in [0.05, 0.1) is 4.90 Å². The van der Waals surface area contributed by atoms with Crippen LogP contribution < -0.4 is 0 Å². The summed E-state index contributed by atoms with van der Waals surface area (Å²) < 4.78 is 22.7.